The number of rotatable bonds is 7. The summed E-state index contributed by atoms with van der Waals surface area (Å²) in [5, 5.41) is 5.89. The first kappa shape index (κ1) is 17.7. The van der Waals surface area contributed by atoms with Crippen molar-refractivity contribution in [3.8, 4) is 0 Å². The molecule has 5 nitrogen and oxygen atoms in total. The Labute approximate surface area is 142 Å². The van der Waals surface area contributed by atoms with Crippen LogP contribution in [-0.2, 0) is 0 Å². The molecule has 0 fully saturated rings. The average molecular weight is 325 g/mol. The average Bonchev–Trinajstić information content (AvgIpc) is 2.64. The summed E-state index contributed by atoms with van der Waals surface area (Å²) in [6, 6.07) is 16.2. The maximum atomic E-state index is 12.6. The number of carbonyl (C=O) groups is 2. The van der Waals surface area contributed by atoms with E-state index in [0.717, 1.165) is 18.7 Å². The van der Waals surface area contributed by atoms with Crippen molar-refractivity contribution in [3.05, 3.63) is 65.7 Å². The van der Waals surface area contributed by atoms with E-state index in [1.54, 1.807) is 36.2 Å². The van der Waals surface area contributed by atoms with Crippen molar-refractivity contribution in [1.29, 1.82) is 0 Å². The van der Waals surface area contributed by atoms with Gasteiger partial charge in [-0.1, -0.05) is 24.3 Å². The third-order valence-electron chi connectivity index (χ3n) is 3.71. The van der Waals surface area contributed by atoms with E-state index >= 15 is 0 Å². The van der Waals surface area contributed by atoms with Gasteiger partial charge in [-0.25, -0.2) is 0 Å². The summed E-state index contributed by atoms with van der Waals surface area (Å²) in [5.41, 5.74) is 1.79. The zero-order valence-corrected chi connectivity index (χ0v) is 14.1. The van der Waals surface area contributed by atoms with E-state index in [-0.39, 0.29) is 11.8 Å². The summed E-state index contributed by atoms with van der Waals surface area (Å²) in [4.78, 5) is 26.3. The molecule has 0 unspecified atom stereocenters. The summed E-state index contributed by atoms with van der Waals surface area (Å²) in [7, 11) is 3.60. The highest BCUT2D eigenvalue weighted by molar-refractivity contribution is 6.07. The van der Waals surface area contributed by atoms with Crippen LogP contribution >= 0.6 is 0 Å². The van der Waals surface area contributed by atoms with Crippen molar-refractivity contribution in [2.75, 3.05) is 32.1 Å². The molecule has 2 rings (SSSR count). The van der Waals surface area contributed by atoms with E-state index in [1.807, 2.05) is 37.4 Å². The van der Waals surface area contributed by atoms with Crippen LogP contribution in [0.5, 0.6) is 0 Å². The Morgan fingerprint density at radius 1 is 0.958 bits per heavy atom. The number of anilines is 1. The van der Waals surface area contributed by atoms with Gasteiger partial charge in [0, 0.05) is 30.4 Å². The molecule has 126 valence electrons. The fourth-order valence-corrected chi connectivity index (χ4v) is 2.33. The molecule has 2 amide bonds. The van der Waals surface area contributed by atoms with Gasteiger partial charge in [-0.05, 0) is 50.3 Å². The normalized spacial score (nSPS) is 10.2. The van der Waals surface area contributed by atoms with E-state index < -0.39 is 0 Å². The van der Waals surface area contributed by atoms with Crippen molar-refractivity contribution in [2.45, 2.75) is 6.42 Å². The lowest BCUT2D eigenvalue weighted by atomic mass is 10.1. The molecule has 0 aliphatic rings. The van der Waals surface area contributed by atoms with Crippen LogP contribution in [0, 0.1) is 0 Å². The number of nitrogens with one attached hydrogen (secondary N) is 2. The first-order chi connectivity index (χ1) is 11.6. The minimum atomic E-state index is -0.164. The summed E-state index contributed by atoms with van der Waals surface area (Å²) in [5.74, 6) is -0.311. The van der Waals surface area contributed by atoms with Crippen LogP contribution in [0.2, 0.25) is 0 Å². The van der Waals surface area contributed by atoms with E-state index in [4.69, 9.17) is 0 Å². The SMILES string of the molecule is CNCCCNC(=O)c1cccc(C(=O)N(C)c2ccccc2)c1. The minimum Gasteiger partial charge on any atom is -0.352 e. The van der Waals surface area contributed by atoms with Gasteiger partial charge in [0.2, 0.25) is 0 Å². The van der Waals surface area contributed by atoms with Gasteiger partial charge in [-0.15, -0.1) is 0 Å². The summed E-state index contributed by atoms with van der Waals surface area (Å²) in [6.45, 7) is 1.45. The topological polar surface area (TPSA) is 61.4 Å². The standard InChI is InChI=1S/C19H23N3O2/c1-20-12-7-13-21-18(23)15-8-6-9-16(14-15)19(24)22(2)17-10-4-3-5-11-17/h3-6,8-11,14,20H,7,12-13H2,1-2H3,(H,21,23). The van der Waals surface area contributed by atoms with Crippen LogP contribution < -0.4 is 15.5 Å². The highest BCUT2D eigenvalue weighted by Gasteiger charge is 2.15. The smallest absolute Gasteiger partial charge is 0.258 e. The second-order valence-electron chi connectivity index (χ2n) is 5.49. The van der Waals surface area contributed by atoms with Crippen LogP contribution in [0.4, 0.5) is 5.69 Å². The van der Waals surface area contributed by atoms with Crippen LogP contribution in [0.1, 0.15) is 27.1 Å². The predicted octanol–water partition coefficient (Wildman–Crippen LogP) is 2.30. The molecule has 2 N–H and O–H groups in total. The molecule has 0 heterocycles. The quantitative estimate of drug-likeness (QED) is 0.768. The minimum absolute atomic E-state index is 0.147. The highest BCUT2D eigenvalue weighted by atomic mass is 16.2. The fourth-order valence-electron chi connectivity index (χ4n) is 2.33. The third-order valence-corrected chi connectivity index (χ3v) is 3.71. The first-order valence-electron chi connectivity index (χ1n) is 7.99. The van der Waals surface area contributed by atoms with Gasteiger partial charge < -0.3 is 15.5 Å². The van der Waals surface area contributed by atoms with Crippen LogP contribution in [-0.4, -0.2) is 39.0 Å². The number of carbonyl (C=O) groups excluding carboxylic acids is 2. The zero-order chi connectivity index (χ0) is 17.4. The van der Waals surface area contributed by atoms with Crippen molar-refractivity contribution >= 4 is 17.5 Å². The Morgan fingerprint density at radius 3 is 2.38 bits per heavy atom. The Bertz CT molecular complexity index is 686. The number of benzene rings is 2. The summed E-state index contributed by atoms with van der Waals surface area (Å²) >= 11 is 0. The lowest BCUT2D eigenvalue weighted by Gasteiger charge is -2.17. The molecule has 0 spiro atoms. The zero-order valence-electron chi connectivity index (χ0n) is 14.1. The number of amides is 2. The van der Waals surface area contributed by atoms with E-state index in [1.165, 1.54) is 0 Å². The van der Waals surface area contributed by atoms with Gasteiger partial charge in [0.25, 0.3) is 11.8 Å². The molecule has 0 saturated heterocycles. The fraction of sp³-hybridized carbons (Fsp3) is 0.263. The number of hydrogen-bond acceptors (Lipinski definition) is 3. The van der Waals surface area contributed by atoms with Gasteiger partial charge >= 0.3 is 0 Å². The Kier molecular flexibility index (Phi) is 6.51. The van der Waals surface area contributed by atoms with Gasteiger partial charge in [0.1, 0.15) is 0 Å². The maximum absolute atomic E-state index is 12.6. The molecule has 0 aliphatic carbocycles. The van der Waals surface area contributed by atoms with Crippen molar-refractivity contribution in [2.24, 2.45) is 0 Å². The van der Waals surface area contributed by atoms with Gasteiger partial charge in [0.05, 0.1) is 0 Å². The van der Waals surface area contributed by atoms with Crippen molar-refractivity contribution in [3.63, 3.8) is 0 Å². The number of para-hydroxylation sites is 1. The Balaban J connectivity index is 2.06. The molecule has 2 aromatic carbocycles. The molecule has 0 radical (unpaired) electrons. The molecule has 24 heavy (non-hydrogen) atoms. The predicted molar refractivity (Wildman–Crippen MR) is 96.5 cm³/mol. The molecule has 2 aromatic rings. The molecule has 0 saturated carbocycles. The number of hydrogen-bond donors (Lipinski definition) is 2. The van der Waals surface area contributed by atoms with Gasteiger partial charge in [-0.2, -0.15) is 0 Å². The van der Waals surface area contributed by atoms with Crippen LogP contribution in [0.3, 0.4) is 0 Å². The van der Waals surface area contributed by atoms with Crippen LogP contribution in [0.25, 0.3) is 0 Å². The summed E-state index contributed by atoms with van der Waals surface area (Å²) < 4.78 is 0. The first-order valence-corrected chi connectivity index (χ1v) is 7.99. The lowest BCUT2D eigenvalue weighted by molar-refractivity contribution is 0.0953. The lowest BCUT2D eigenvalue weighted by Crippen LogP contribution is -2.28. The van der Waals surface area contributed by atoms with Gasteiger partial charge in [0.15, 0.2) is 0 Å². The second kappa shape index (κ2) is 8.84. The molecule has 0 aromatic heterocycles. The molecule has 0 aliphatic heterocycles. The van der Waals surface area contributed by atoms with Gasteiger partial charge in [-0.3, -0.25) is 9.59 Å². The second-order valence-corrected chi connectivity index (χ2v) is 5.49. The van der Waals surface area contributed by atoms with Crippen molar-refractivity contribution < 1.29 is 9.59 Å². The maximum Gasteiger partial charge on any atom is 0.258 e. The third kappa shape index (κ3) is 4.67. The molecule has 0 atom stereocenters. The number of nitrogens with zero attached hydrogens (tertiary/aromatic N) is 1. The Morgan fingerprint density at radius 2 is 1.67 bits per heavy atom. The highest BCUT2D eigenvalue weighted by Crippen LogP contribution is 2.15. The molecular weight excluding hydrogens is 302 g/mol. The Hall–Kier alpha value is -2.66. The van der Waals surface area contributed by atoms with E-state index in [0.29, 0.717) is 17.7 Å². The molecular formula is C19H23N3O2. The summed E-state index contributed by atoms with van der Waals surface area (Å²) in [6.07, 6.45) is 0.859. The molecule has 5 heteroatoms. The van der Waals surface area contributed by atoms with E-state index in [9.17, 15) is 9.59 Å². The monoisotopic (exact) mass is 325 g/mol. The largest absolute Gasteiger partial charge is 0.352 e. The van der Waals surface area contributed by atoms with Crippen molar-refractivity contribution in [1.82, 2.24) is 10.6 Å². The molecule has 0 bridgehead atoms. The van der Waals surface area contributed by atoms with Crippen LogP contribution in [0.15, 0.2) is 54.6 Å². The van der Waals surface area contributed by atoms with E-state index in [2.05, 4.69) is 10.6 Å².